The molecule has 1 aromatic heterocycles. The second kappa shape index (κ2) is 2.96. The van der Waals surface area contributed by atoms with Crippen LogP contribution in [0.2, 0.25) is 0 Å². The first-order valence-electron chi connectivity index (χ1n) is 5.34. The molecule has 1 heterocycles. The van der Waals surface area contributed by atoms with Crippen LogP contribution in [0, 0.1) is 6.92 Å². The number of nitrogens with zero attached hydrogens (tertiary/aromatic N) is 1. The Kier molecular flexibility index (Phi) is 1.72. The minimum atomic E-state index is 0.751. The summed E-state index contributed by atoms with van der Waals surface area (Å²) in [6.07, 6.45) is 4.44. The van der Waals surface area contributed by atoms with Crippen molar-refractivity contribution in [3.8, 4) is 0 Å². The molecule has 0 fully saturated rings. The smallest absolute Gasteiger partial charge is 0.192 e. The molecule has 0 N–H and O–H groups in total. The molecule has 0 bridgehead atoms. The number of hydrogen-bond acceptors (Lipinski definition) is 2. The number of rotatable bonds is 0. The van der Waals surface area contributed by atoms with Crippen molar-refractivity contribution in [1.82, 2.24) is 4.98 Å². The van der Waals surface area contributed by atoms with E-state index in [1.807, 2.05) is 6.92 Å². The van der Waals surface area contributed by atoms with Gasteiger partial charge in [-0.3, -0.25) is 0 Å². The topological polar surface area (TPSA) is 26.0 Å². The Morgan fingerprint density at radius 1 is 1.33 bits per heavy atom. The minimum Gasteiger partial charge on any atom is -0.440 e. The number of aromatic nitrogens is 1. The zero-order chi connectivity index (χ0) is 10.4. The van der Waals surface area contributed by atoms with Crippen molar-refractivity contribution >= 4 is 16.7 Å². The molecule has 0 aliphatic heterocycles. The molecule has 2 heteroatoms. The van der Waals surface area contributed by atoms with E-state index in [9.17, 15) is 0 Å². The van der Waals surface area contributed by atoms with E-state index in [1.54, 1.807) is 0 Å². The predicted octanol–water partition coefficient (Wildman–Crippen LogP) is 3.49. The van der Waals surface area contributed by atoms with Crippen molar-refractivity contribution in [1.29, 1.82) is 0 Å². The molecule has 0 saturated carbocycles. The van der Waals surface area contributed by atoms with Gasteiger partial charge in [0.2, 0.25) is 0 Å². The van der Waals surface area contributed by atoms with E-state index in [1.165, 1.54) is 16.7 Å². The van der Waals surface area contributed by atoms with Gasteiger partial charge in [0.25, 0.3) is 0 Å². The normalized spacial score (nSPS) is 17.6. The SMILES string of the molecule is C/C=C1\CCc2ccc3nc(C)oc3c21. The van der Waals surface area contributed by atoms with Crippen molar-refractivity contribution in [2.75, 3.05) is 0 Å². The van der Waals surface area contributed by atoms with Crippen LogP contribution in [0.25, 0.3) is 16.7 Å². The Balaban J connectivity index is 2.42. The third-order valence-corrected chi connectivity index (χ3v) is 3.08. The van der Waals surface area contributed by atoms with Crippen molar-refractivity contribution in [2.24, 2.45) is 0 Å². The first-order chi connectivity index (χ1) is 7.29. The zero-order valence-electron chi connectivity index (χ0n) is 9.00. The van der Waals surface area contributed by atoms with Crippen molar-refractivity contribution < 1.29 is 4.42 Å². The Morgan fingerprint density at radius 2 is 2.20 bits per heavy atom. The number of oxazole rings is 1. The highest BCUT2D eigenvalue weighted by Gasteiger charge is 2.21. The van der Waals surface area contributed by atoms with Crippen LogP contribution < -0.4 is 0 Å². The second-order valence-electron chi connectivity index (χ2n) is 3.99. The highest BCUT2D eigenvalue weighted by atomic mass is 16.3. The molecule has 0 atom stereocenters. The number of aryl methyl sites for hydroxylation is 2. The van der Waals surface area contributed by atoms with Gasteiger partial charge in [0, 0.05) is 12.5 Å². The fraction of sp³-hybridized carbons (Fsp3) is 0.308. The molecule has 0 amide bonds. The summed E-state index contributed by atoms with van der Waals surface area (Å²) in [6, 6.07) is 4.24. The number of fused-ring (bicyclic) bond motifs is 3. The lowest BCUT2D eigenvalue weighted by Gasteiger charge is -2.00. The van der Waals surface area contributed by atoms with Gasteiger partial charge in [-0.2, -0.15) is 0 Å². The molecule has 2 nitrogen and oxygen atoms in total. The summed E-state index contributed by atoms with van der Waals surface area (Å²) in [6.45, 7) is 3.99. The van der Waals surface area contributed by atoms with Crippen LogP contribution in [0.5, 0.6) is 0 Å². The Morgan fingerprint density at radius 3 is 3.00 bits per heavy atom. The van der Waals surface area contributed by atoms with Crippen LogP contribution >= 0.6 is 0 Å². The molecule has 0 radical (unpaired) electrons. The summed E-state index contributed by atoms with van der Waals surface area (Å²) in [5, 5.41) is 0. The Hall–Kier alpha value is -1.57. The van der Waals surface area contributed by atoms with Gasteiger partial charge in [0.15, 0.2) is 11.5 Å². The van der Waals surface area contributed by atoms with Gasteiger partial charge in [-0.05, 0) is 37.0 Å². The van der Waals surface area contributed by atoms with Gasteiger partial charge in [-0.1, -0.05) is 12.1 Å². The summed E-state index contributed by atoms with van der Waals surface area (Å²) in [4.78, 5) is 4.37. The van der Waals surface area contributed by atoms with Crippen LogP contribution in [0.1, 0.15) is 30.4 Å². The summed E-state index contributed by atoms with van der Waals surface area (Å²) in [7, 11) is 0. The van der Waals surface area contributed by atoms with E-state index in [-0.39, 0.29) is 0 Å². The van der Waals surface area contributed by atoms with E-state index in [2.05, 4.69) is 30.1 Å². The first-order valence-corrected chi connectivity index (χ1v) is 5.34. The van der Waals surface area contributed by atoms with E-state index in [0.717, 1.165) is 29.8 Å². The lowest BCUT2D eigenvalue weighted by molar-refractivity contribution is 0.560. The first kappa shape index (κ1) is 8.72. The average Bonchev–Trinajstić information content (AvgIpc) is 2.78. The van der Waals surface area contributed by atoms with Gasteiger partial charge < -0.3 is 4.42 Å². The molecule has 1 aromatic carbocycles. The molecule has 2 aromatic rings. The fourth-order valence-corrected chi connectivity index (χ4v) is 2.39. The van der Waals surface area contributed by atoms with Crippen molar-refractivity contribution in [2.45, 2.75) is 26.7 Å². The summed E-state index contributed by atoms with van der Waals surface area (Å²) >= 11 is 0. The largest absolute Gasteiger partial charge is 0.440 e. The van der Waals surface area contributed by atoms with Gasteiger partial charge in [-0.15, -0.1) is 0 Å². The van der Waals surface area contributed by atoms with Gasteiger partial charge in [0.1, 0.15) is 5.52 Å². The maximum absolute atomic E-state index is 5.69. The minimum absolute atomic E-state index is 0.751. The van der Waals surface area contributed by atoms with E-state index < -0.39 is 0 Å². The Labute approximate surface area is 88.6 Å². The van der Waals surface area contributed by atoms with Crippen molar-refractivity contribution in [3.63, 3.8) is 0 Å². The van der Waals surface area contributed by atoms with Crippen molar-refractivity contribution in [3.05, 3.63) is 35.2 Å². The molecule has 15 heavy (non-hydrogen) atoms. The molecular formula is C13H13NO. The average molecular weight is 199 g/mol. The maximum Gasteiger partial charge on any atom is 0.192 e. The fourth-order valence-electron chi connectivity index (χ4n) is 2.39. The van der Waals surface area contributed by atoms with E-state index >= 15 is 0 Å². The number of benzene rings is 1. The van der Waals surface area contributed by atoms with Crippen LogP contribution in [0.4, 0.5) is 0 Å². The van der Waals surface area contributed by atoms with Gasteiger partial charge in [0.05, 0.1) is 0 Å². The highest BCUT2D eigenvalue weighted by Crippen LogP contribution is 2.37. The van der Waals surface area contributed by atoms with Crippen LogP contribution in [-0.4, -0.2) is 4.98 Å². The number of hydrogen-bond donors (Lipinski definition) is 0. The maximum atomic E-state index is 5.69. The summed E-state index contributed by atoms with van der Waals surface area (Å²) < 4.78 is 5.69. The predicted molar refractivity (Wildman–Crippen MR) is 60.7 cm³/mol. The third kappa shape index (κ3) is 1.14. The molecule has 3 rings (SSSR count). The highest BCUT2D eigenvalue weighted by molar-refractivity contribution is 5.91. The van der Waals surface area contributed by atoms with Gasteiger partial charge >= 0.3 is 0 Å². The molecule has 1 aliphatic carbocycles. The quantitative estimate of drug-likeness (QED) is 0.649. The van der Waals surface area contributed by atoms with Gasteiger partial charge in [-0.25, -0.2) is 4.98 Å². The third-order valence-electron chi connectivity index (χ3n) is 3.08. The Bertz CT molecular complexity index is 563. The molecular weight excluding hydrogens is 186 g/mol. The molecule has 1 aliphatic rings. The molecule has 76 valence electrons. The molecule has 0 unspecified atom stereocenters. The molecule has 0 saturated heterocycles. The molecule has 0 spiro atoms. The second-order valence-corrected chi connectivity index (χ2v) is 3.99. The lowest BCUT2D eigenvalue weighted by Crippen LogP contribution is -1.81. The standard InChI is InChI=1S/C13H13NO/c1-3-9-4-5-10-6-7-11-13(12(9)10)15-8(2)14-11/h3,6-7H,4-5H2,1-2H3/b9-3+. The lowest BCUT2D eigenvalue weighted by atomic mass is 10.1. The van der Waals surface area contributed by atoms with E-state index in [4.69, 9.17) is 4.42 Å². The summed E-state index contributed by atoms with van der Waals surface area (Å²) in [5.41, 5.74) is 6.03. The summed E-state index contributed by atoms with van der Waals surface area (Å²) in [5.74, 6) is 0.751. The number of allylic oxidation sites excluding steroid dienone is 2. The van der Waals surface area contributed by atoms with Crippen LogP contribution in [0.3, 0.4) is 0 Å². The monoisotopic (exact) mass is 199 g/mol. The van der Waals surface area contributed by atoms with Crippen LogP contribution in [-0.2, 0) is 6.42 Å². The van der Waals surface area contributed by atoms with E-state index in [0.29, 0.717) is 0 Å². The van der Waals surface area contributed by atoms with Crippen LogP contribution in [0.15, 0.2) is 22.6 Å². The zero-order valence-corrected chi connectivity index (χ0v) is 9.00.